The number of fused-ring (bicyclic) bond motifs is 1. The van der Waals surface area contributed by atoms with Crippen LogP contribution in [0.4, 0.5) is 4.39 Å². The van der Waals surface area contributed by atoms with Crippen molar-refractivity contribution in [2.75, 3.05) is 7.05 Å². The van der Waals surface area contributed by atoms with E-state index in [1.54, 1.807) is 12.1 Å². The molecule has 0 heterocycles. The number of halogens is 1. The van der Waals surface area contributed by atoms with E-state index in [-0.39, 0.29) is 17.6 Å². The SMILES string of the molecule is CC(c1ccc(O)cc1F)N(C)C1CCc2ccccc21. The van der Waals surface area contributed by atoms with Gasteiger partial charge in [-0.2, -0.15) is 0 Å². The van der Waals surface area contributed by atoms with Gasteiger partial charge in [0.2, 0.25) is 0 Å². The van der Waals surface area contributed by atoms with E-state index < -0.39 is 0 Å². The molecular weight excluding hydrogens is 265 g/mol. The lowest BCUT2D eigenvalue weighted by Gasteiger charge is -2.31. The molecule has 0 amide bonds. The van der Waals surface area contributed by atoms with Gasteiger partial charge < -0.3 is 5.11 Å². The highest BCUT2D eigenvalue weighted by atomic mass is 19.1. The summed E-state index contributed by atoms with van der Waals surface area (Å²) in [5.74, 6) is -0.377. The molecule has 2 atom stereocenters. The Morgan fingerprint density at radius 1 is 1.24 bits per heavy atom. The Kier molecular flexibility index (Phi) is 3.68. The van der Waals surface area contributed by atoms with Crippen LogP contribution in [-0.4, -0.2) is 17.1 Å². The average molecular weight is 285 g/mol. The zero-order valence-corrected chi connectivity index (χ0v) is 12.4. The number of hydrogen-bond donors (Lipinski definition) is 1. The maximum atomic E-state index is 14.1. The van der Waals surface area contributed by atoms with Crippen LogP contribution >= 0.6 is 0 Å². The average Bonchev–Trinajstić information content (AvgIpc) is 2.90. The molecule has 2 nitrogen and oxygen atoms in total. The van der Waals surface area contributed by atoms with Gasteiger partial charge in [0.05, 0.1) is 0 Å². The van der Waals surface area contributed by atoms with Gasteiger partial charge in [0.1, 0.15) is 11.6 Å². The highest BCUT2D eigenvalue weighted by Gasteiger charge is 2.29. The molecule has 2 unspecified atom stereocenters. The molecule has 0 saturated carbocycles. The summed E-state index contributed by atoms with van der Waals surface area (Å²) in [7, 11) is 2.05. The van der Waals surface area contributed by atoms with E-state index >= 15 is 0 Å². The molecule has 2 aromatic rings. The van der Waals surface area contributed by atoms with Gasteiger partial charge in [-0.25, -0.2) is 4.39 Å². The first-order valence-corrected chi connectivity index (χ1v) is 7.36. The Hall–Kier alpha value is -1.87. The van der Waals surface area contributed by atoms with Gasteiger partial charge in [0, 0.05) is 23.7 Å². The fourth-order valence-corrected chi connectivity index (χ4v) is 3.30. The lowest BCUT2D eigenvalue weighted by molar-refractivity contribution is 0.182. The molecule has 21 heavy (non-hydrogen) atoms. The largest absolute Gasteiger partial charge is 0.508 e. The van der Waals surface area contributed by atoms with Crippen molar-refractivity contribution in [2.24, 2.45) is 0 Å². The number of rotatable bonds is 3. The molecule has 0 aromatic heterocycles. The van der Waals surface area contributed by atoms with E-state index in [4.69, 9.17) is 0 Å². The summed E-state index contributed by atoms with van der Waals surface area (Å²) >= 11 is 0. The Labute approximate surface area is 124 Å². The highest BCUT2D eigenvalue weighted by molar-refractivity contribution is 5.35. The predicted molar refractivity (Wildman–Crippen MR) is 81.7 cm³/mol. The van der Waals surface area contributed by atoms with Crippen molar-refractivity contribution in [3.05, 3.63) is 65.0 Å². The monoisotopic (exact) mass is 285 g/mol. The summed E-state index contributed by atoms with van der Waals surface area (Å²) in [6.07, 6.45) is 2.15. The number of nitrogens with zero attached hydrogens (tertiary/aromatic N) is 1. The van der Waals surface area contributed by atoms with Crippen molar-refractivity contribution in [3.63, 3.8) is 0 Å². The molecule has 2 aromatic carbocycles. The second kappa shape index (κ2) is 5.49. The molecule has 0 radical (unpaired) electrons. The fourth-order valence-electron chi connectivity index (χ4n) is 3.30. The highest BCUT2D eigenvalue weighted by Crippen LogP contribution is 2.39. The number of phenols is 1. The van der Waals surface area contributed by atoms with Gasteiger partial charge in [-0.05, 0) is 44.0 Å². The zero-order valence-electron chi connectivity index (χ0n) is 12.4. The Bertz CT molecular complexity index is 655. The standard InChI is InChI=1S/C18H20FNO/c1-12(15-9-8-14(21)11-17(15)19)20(2)18-10-7-13-5-3-4-6-16(13)18/h3-6,8-9,11-12,18,21H,7,10H2,1-2H3. The molecule has 0 saturated heterocycles. The quantitative estimate of drug-likeness (QED) is 0.913. The van der Waals surface area contributed by atoms with Crippen LogP contribution in [0.1, 0.15) is 42.1 Å². The van der Waals surface area contributed by atoms with E-state index in [1.165, 1.54) is 17.2 Å². The van der Waals surface area contributed by atoms with Crippen LogP contribution in [0.3, 0.4) is 0 Å². The second-order valence-electron chi connectivity index (χ2n) is 5.80. The minimum Gasteiger partial charge on any atom is -0.508 e. The molecule has 0 aliphatic heterocycles. The van der Waals surface area contributed by atoms with E-state index in [0.717, 1.165) is 12.8 Å². The Morgan fingerprint density at radius 2 is 2.00 bits per heavy atom. The van der Waals surface area contributed by atoms with Gasteiger partial charge in [-0.1, -0.05) is 30.3 Å². The van der Waals surface area contributed by atoms with Gasteiger partial charge >= 0.3 is 0 Å². The second-order valence-corrected chi connectivity index (χ2v) is 5.80. The summed E-state index contributed by atoms with van der Waals surface area (Å²) in [5, 5.41) is 9.35. The maximum absolute atomic E-state index is 14.1. The van der Waals surface area contributed by atoms with E-state index in [0.29, 0.717) is 11.6 Å². The van der Waals surface area contributed by atoms with Crippen molar-refractivity contribution >= 4 is 0 Å². The zero-order chi connectivity index (χ0) is 15.0. The molecule has 0 bridgehead atoms. The van der Waals surface area contributed by atoms with Crippen molar-refractivity contribution in [3.8, 4) is 5.75 Å². The molecule has 1 aliphatic carbocycles. The summed E-state index contributed by atoms with van der Waals surface area (Å²) in [6, 6.07) is 13.2. The summed E-state index contributed by atoms with van der Waals surface area (Å²) in [6.45, 7) is 2.01. The Morgan fingerprint density at radius 3 is 2.76 bits per heavy atom. The van der Waals surface area contributed by atoms with Crippen LogP contribution < -0.4 is 0 Å². The maximum Gasteiger partial charge on any atom is 0.131 e. The topological polar surface area (TPSA) is 23.5 Å². The summed E-state index contributed by atoms with van der Waals surface area (Å²) in [5.41, 5.74) is 3.37. The van der Waals surface area contributed by atoms with E-state index in [2.05, 4.69) is 29.2 Å². The number of aromatic hydroxyl groups is 1. The van der Waals surface area contributed by atoms with Crippen LogP contribution in [0, 0.1) is 5.82 Å². The van der Waals surface area contributed by atoms with Crippen LogP contribution in [0.5, 0.6) is 5.75 Å². The Balaban J connectivity index is 1.87. The summed E-state index contributed by atoms with van der Waals surface area (Å²) in [4.78, 5) is 2.22. The van der Waals surface area contributed by atoms with Gasteiger partial charge in [-0.15, -0.1) is 0 Å². The van der Waals surface area contributed by atoms with E-state index in [9.17, 15) is 9.50 Å². The minimum atomic E-state index is -0.347. The van der Waals surface area contributed by atoms with Crippen molar-refractivity contribution in [2.45, 2.75) is 31.8 Å². The normalized spacial score (nSPS) is 18.8. The molecular formula is C18H20FNO. The lowest BCUT2D eigenvalue weighted by Crippen LogP contribution is -2.26. The van der Waals surface area contributed by atoms with E-state index in [1.807, 2.05) is 14.0 Å². The van der Waals surface area contributed by atoms with Crippen LogP contribution in [0.15, 0.2) is 42.5 Å². The molecule has 3 heteroatoms. The first-order valence-electron chi connectivity index (χ1n) is 7.36. The fraction of sp³-hybridized carbons (Fsp3) is 0.333. The van der Waals surface area contributed by atoms with Crippen molar-refractivity contribution in [1.82, 2.24) is 4.90 Å². The third kappa shape index (κ3) is 2.54. The van der Waals surface area contributed by atoms with Crippen molar-refractivity contribution in [1.29, 1.82) is 0 Å². The van der Waals surface area contributed by atoms with Crippen LogP contribution in [0.2, 0.25) is 0 Å². The lowest BCUT2D eigenvalue weighted by atomic mass is 10.0. The minimum absolute atomic E-state index is 0.0303. The van der Waals surface area contributed by atoms with Gasteiger partial charge in [-0.3, -0.25) is 4.90 Å². The number of phenolic OH excluding ortho intramolecular Hbond substituents is 1. The third-order valence-corrected chi connectivity index (χ3v) is 4.64. The molecule has 110 valence electrons. The number of hydrogen-bond acceptors (Lipinski definition) is 2. The smallest absolute Gasteiger partial charge is 0.131 e. The molecule has 0 fully saturated rings. The molecule has 3 rings (SSSR count). The molecule has 1 N–H and O–H groups in total. The van der Waals surface area contributed by atoms with Crippen LogP contribution in [0.25, 0.3) is 0 Å². The predicted octanol–water partition coefficient (Wildman–Crippen LogP) is 4.21. The first kappa shape index (κ1) is 14.1. The van der Waals surface area contributed by atoms with Crippen LogP contribution in [-0.2, 0) is 6.42 Å². The summed E-state index contributed by atoms with van der Waals surface area (Å²) < 4.78 is 14.1. The van der Waals surface area contributed by atoms with Crippen molar-refractivity contribution < 1.29 is 9.50 Å². The van der Waals surface area contributed by atoms with Gasteiger partial charge in [0.25, 0.3) is 0 Å². The molecule has 1 aliphatic rings. The number of aryl methyl sites for hydroxylation is 1. The first-order chi connectivity index (χ1) is 10.1. The number of benzene rings is 2. The molecule has 0 spiro atoms. The third-order valence-electron chi connectivity index (χ3n) is 4.64. The van der Waals surface area contributed by atoms with Gasteiger partial charge in [0.15, 0.2) is 0 Å².